The van der Waals surface area contributed by atoms with Gasteiger partial charge in [0.05, 0.1) is 18.2 Å². The molecule has 0 unspecified atom stereocenters. The van der Waals surface area contributed by atoms with E-state index in [0.29, 0.717) is 17.9 Å². The fraction of sp³-hybridized carbons (Fsp3) is 0.480. The maximum absolute atomic E-state index is 13.6. The largest absolute Gasteiger partial charge is 0.487 e. The Morgan fingerprint density at radius 3 is 2.67 bits per heavy atom. The molecule has 0 saturated heterocycles. The Kier molecular flexibility index (Phi) is 8.14. The first kappa shape index (κ1) is 25.2. The maximum atomic E-state index is 13.6. The monoisotopic (exact) mass is 471 g/mol. The van der Waals surface area contributed by atoms with Gasteiger partial charge in [0.1, 0.15) is 16.7 Å². The lowest BCUT2D eigenvalue weighted by Gasteiger charge is -2.37. The fourth-order valence-corrected chi connectivity index (χ4v) is 6.00. The van der Waals surface area contributed by atoms with Crippen LogP contribution in [0.4, 0.5) is 0 Å². The second-order valence-corrected chi connectivity index (χ2v) is 10.7. The van der Waals surface area contributed by atoms with Gasteiger partial charge in [0.25, 0.3) is 0 Å². The molecule has 3 atom stereocenters. The van der Waals surface area contributed by atoms with Gasteiger partial charge >= 0.3 is 0 Å². The predicted molar refractivity (Wildman–Crippen MR) is 128 cm³/mol. The van der Waals surface area contributed by atoms with Crippen LogP contribution in [0.15, 0.2) is 47.4 Å². The summed E-state index contributed by atoms with van der Waals surface area (Å²) in [6, 6.07) is 13.8. The number of rotatable bonds is 7. The van der Waals surface area contributed by atoms with E-state index in [0.717, 1.165) is 24.1 Å². The maximum Gasteiger partial charge on any atom is 0.247 e. The summed E-state index contributed by atoms with van der Waals surface area (Å²) in [5, 5.41) is 19.0. The minimum absolute atomic E-state index is 0.0909. The van der Waals surface area contributed by atoms with Crippen molar-refractivity contribution in [3.05, 3.63) is 48.0 Å². The van der Waals surface area contributed by atoms with Crippen molar-refractivity contribution < 1.29 is 18.3 Å². The molecular formula is C25H33N3O4S. The average Bonchev–Trinajstić information content (AvgIpc) is 2.80. The van der Waals surface area contributed by atoms with Crippen molar-refractivity contribution in [1.82, 2.24) is 9.21 Å². The van der Waals surface area contributed by atoms with E-state index in [-0.39, 0.29) is 30.1 Å². The van der Waals surface area contributed by atoms with Gasteiger partial charge in [-0.1, -0.05) is 32.0 Å². The molecular weight excluding hydrogens is 438 g/mol. The molecule has 3 rings (SSSR count). The van der Waals surface area contributed by atoms with E-state index in [4.69, 9.17) is 4.74 Å². The zero-order valence-corrected chi connectivity index (χ0v) is 20.5. The molecule has 7 nitrogen and oxygen atoms in total. The number of sulfonamides is 1. The zero-order chi connectivity index (χ0) is 24.2. The second kappa shape index (κ2) is 10.7. The van der Waals surface area contributed by atoms with Gasteiger partial charge < -0.3 is 14.7 Å². The molecule has 0 spiro atoms. The molecule has 1 N–H and O–H groups in total. The summed E-state index contributed by atoms with van der Waals surface area (Å²) in [4.78, 5) is 2.29. The SMILES string of the molecule is CCCN(C)C[C@H]1Oc2cc(-c3cccc(C#N)c3)ccc2S(=O)(=O)N([C@H](C)CO)C[C@H]1C. The minimum atomic E-state index is -3.88. The van der Waals surface area contributed by atoms with Crippen molar-refractivity contribution in [2.24, 2.45) is 5.92 Å². The van der Waals surface area contributed by atoms with Crippen LogP contribution in [0.25, 0.3) is 11.1 Å². The van der Waals surface area contributed by atoms with E-state index in [1.165, 1.54) is 4.31 Å². The normalized spacial score (nSPS) is 21.4. The zero-order valence-electron chi connectivity index (χ0n) is 19.7. The van der Waals surface area contributed by atoms with Crippen LogP contribution in [-0.4, -0.2) is 68.2 Å². The molecule has 2 aromatic rings. The van der Waals surface area contributed by atoms with Crippen molar-refractivity contribution in [3.63, 3.8) is 0 Å². The standard InChI is InChI=1S/C25H33N3O4S/c1-5-11-27(4)16-24-18(2)15-28(19(3)17-29)33(30,31)25-10-9-22(13-23(25)32-24)21-8-6-7-20(12-21)14-26/h6-10,12-13,18-19,24,29H,5,11,15-17H2,1-4H3/t18-,19-,24-/m1/s1. The Morgan fingerprint density at radius 1 is 1.27 bits per heavy atom. The van der Waals surface area contributed by atoms with E-state index >= 15 is 0 Å². The summed E-state index contributed by atoms with van der Waals surface area (Å²) in [7, 11) is -1.84. The Morgan fingerprint density at radius 2 is 2.00 bits per heavy atom. The molecule has 1 aliphatic rings. The molecule has 178 valence electrons. The lowest BCUT2D eigenvalue weighted by atomic mass is 10.0. The molecule has 8 heteroatoms. The first-order valence-electron chi connectivity index (χ1n) is 11.3. The van der Waals surface area contributed by atoms with Crippen LogP contribution in [0.2, 0.25) is 0 Å². The van der Waals surface area contributed by atoms with Crippen LogP contribution in [0, 0.1) is 17.2 Å². The van der Waals surface area contributed by atoms with Gasteiger partial charge in [-0.25, -0.2) is 8.42 Å². The molecule has 0 fully saturated rings. The molecule has 2 aromatic carbocycles. The van der Waals surface area contributed by atoms with Crippen molar-refractivity contribution >= 4 is 10.0 Å². The van der Waals surface area contributed by atoms with Gasteiger partial charge in [-0.2, -0.15) is 9.57 Å². The van der Waals surface area contributed by atoms with Crippen LogP contribution >= 0.6 is 0 Å². The van der Waals surface area contributed by atoms with Crippen molar-refractivity contribution in [2.75, 3.05) is 33.3 Å². The highest BCUT2D eigenvalue weighted by Crippen LogP contribution is 2.36. The minimum Gasteiger partial charge on any atom is -0.487 e. The highest BCUT2D eigenvalue weighted by atomic mass is 32.2. The molecule has 0 radical (unpaired) electrons. The molecule has 33 heavy (non-hydrogen) atoms. The Labute approximate surface area is 197 Å². The Bertz CT molecular complexity index is 1110. The summed E-state index contributed by atoms with van der Waals surface area (Å²) in [6.07, 6.45) is 0.778. The molecule has 1 heterocycles. The van der Waals surface area contributed by atoms with Gasteiger partial charge in [-0.05, 0) is 62.3 Å². The number of ether oxygens (including phenoxy) is 1. The quantitative estimate of drug-likeness (QED) is 0.666. The van der Waals surface area contributed by atoms with Gasteiger partial charge in [-0.15, -0.1) is 0 Å². The number of aliphatic hydroxyl groups excluding tert-OH is 1. The lowest BCUT2D eigenvalue weighted by Crippen LogP contribution is -2.49. The first-order chi connectivity index (χ1) is 15.7. The second-order valence-electron chi connectivity index (χ2n) is 8.86. The molecule has 0 bridgehead atoms. The number of benzene rings is 2. The smallest absolute Gasteiger partial charge is 0.247 e. The van der Waals surface area contributed by atoms with Crippen LogP contribution < -0.4 is 4.74 Å². The van der Waals surface area contributed by atoms with Crippen LogP contribution in [-0.2, 0) is 10.0 Å². The van der Waals surface area contributed by atoms with Crippen LogP contribution in [0.5, 0.6) is 5.75 Å². The van der Waals surface area contributed by atoms with Gasteiger partial charge in [0, 0.05) is 25.0 Å². The summed E-state index contributed by atoms with van der Waals surface area (Å²) in [6.45, 7) is 7.39. The van der Waals surface area contributed by atoms with Crippen molar-refractivity contribution in [2.45, 2.75) is 44.2 Å². The number of hydrogen-bond acceptors (Lipinski definition) is 6. The predicted octanol–water partition coefficient (Wildman–Crippen LogP) is 3.34. The highest BCUT2D eigenvalue weighted by molar-refractivity contribution is 7.89. The van der Waals surface area contributed by atoms with E-state index < -0.39 is 16.1 Å². The third kappa shape index (κ3) is 5.56. The number of hydrogen-bond donors (Lipinski definition) is 1. The van der Waals surface area contributed by atoms with Crippen molar-refractivity contribution in [3.8, 4) is 22.9 Å². The number of fused-ring (bicyclic) bond motifs is 1. The fourth-order valence-electron chi connectivity index (χ4n) is 4.17. The first-order valence-corrected chi connectivity index (χ1v) is 12.8. The van der Waals surface area contributed by atoms with E-state index in [2.05, 4.69) is 17.9 Å². The Balaban J connectivity index is 2.12. The van der Waals surface area contributed by atoms with Gasteiger partial charge in [0.15, 0.2) is 0 Å². The number of likely N-dealkylation sites (N-methyl/N-ethyl adjacent to an activating group) is 1. The number of aliphatic hydroxyl groups is 1. The number of nitriles is 1. The summed E-state index contributed by atoms with van der Waals surface area (Å²) in [5.41, 5.74) is 2.12. The topological polar surface area (TPSA) is 93.9 Å². The summed E-state index contributed by atoms with van der Waals surface area (Å²) in [5.74, 6) is 0.207. The molecule has 0 amide bonds. The molecule has 1 aliphatic heterocycles. The van der Waals surface area contributed by atoms with Gasteiger partial charge in [0.2, 0.25) is 10.0 Å². The number of nitrogens with zero attached hydrogens (tertiary/aromatic N) is 3. The average molecular weight is 472 g/mol. The highest BCUT2D eigenvalue weighted by Gasteiger charge is 2.38. The molecule has 0 saturated carbocycles. The third-order valence-electron chi connectivity index (χ3n) is 6.09. The van der Waals surface area contributed by atoms with Crippen molar-refractivity contribution in [1.29, 1.82) is 5.26 Å². The molecule has 0 aromatic heterocycles. The van der Waals surface area contributed by atoms with E-state index in [1.54, 1.807) is 43.3 Å². The Hall–Kier alpha value is -2.44. The molecule has 0 aliphatic carbocycles. The van der Waals surface area contributed by atoms with Crippen LogP contribution in [0.3, 0.4) is 0 Å². The van der Waals surface area contributed by atoms with Gasteiger partial charge in [-0.3, -0.25) is 0 Å². The van der Waals surface area contributed by atoms with E-state index in [1.807, 2.05) is 20.0 Å². The third-order valence-corrected chi connectivity index (χ3v) is 8.11. The summed E-state index contributed by atoms with van der Waals surface area (Å²) >= 11 is 0. The van der Waals surface area contributed by atoms with Crippen LogP contribution in [0.1, 0.15) is 32.8 Å². The van der Waals surface area contributed by atoms with E-state index in [9.17, 15) is 18.8 Å². The lowest BCUT2D eigenvalue weighted by molar-refractivity contribution is 0.0753. The summed E-state index contributed by atoms with van der Waals surface area (Å²) < 4.78 is 35.0.